The summed E-state index contributed by atoms with van der Waals surface area (Å²) in [4.78, 5) is 46.4. The largest absolute Gasteiger partial charge is 0.464 e. The average molecular weight is 664 g/mol. The van der Waals surface area contributed by atoms with Crippen LogP contribution in [0.5, 0.6) is 0 Å². The summed E-state index contributed by atoms with van der Waals surface area (Å²) < 4.78 is 16.6. The number of aromatic nitrogens is 6. The summed E-state index contributed by atoms with van der Waals surface area (Å²) in [5, 5.41) is 20.9. The number of esters is 1. The molecule has 0 spiro atoms. The van der Waals surface area contributed by atoms with Gasteiger partial charge in [0.25, 0.3) is 0 Å². The van der Waals surface area contributed by atoms with Gasteiger partial charge in [-0.25, -0.2) is 14.6 Å². The van der Waals surface area contributed by atoms with Crippen LogP contribution < -0.4 is 16.0 Å². The molecule has 2 aromatic carbocycles. The lowest BCUT2D eigenvalue weighted by Crippen LogP contribution is -2.28. The lowest BCUT2D eigenvalue weighted by atomic mass is 10.0. The van der Waals surface area contributed by atoms with Crippen LogP contribution in [-0.4, -0.2) is 82.1 Å². The molecule has 15 nitrogen and oxygen atoms in total. The van der Waals surface area contributed by atoms with Crippen molar-refractivity contribution in [2.24, 2.45) is 0 Å². The van der Waals surface area contributed by atoms with Gasteiger partial charge in [-0.05, 0) is 65.7 Å². The van der Waals surface area contributed by atoms with Gasteiger partial charge in [-0.15, -0.1) is 5.10 Å². The molecule has 1 aliphatic heterocycles. The third-order valence-electron chi connectivity index (χ3n) is 7.28. The lowest BCUT2D eigenvalue weighted by molar-refractivity contribution is -0.117. The molecule has 2 amide bonds. The summed E-state index contributed by atoms with van der Waals surface area (Å²) in [5.74, 6) is -0.600. The van der Waals surface area contributed by atoms with Crippen LogP contribution in [0.3, 0.4) is 0 Å². The lowest BCUT2D eigenvalue weighted by Gasteiger charge is -2.17. The fourth-order valence-electron chi connectivity index (χ4n) is 5.02. The van der Waals surface area contributed by atoms with E-state index in [4.69, 9.17) is 30.8 Å². The average Bonchev–Trinajstić information content (AvgIpc) is 3.76. The molecule has 1 atom stereocenters. The Balaban J connectivity index is 1.43. The number of fused-ring (bicyclic) bond motifs is 4. The van der Waals surface area contributed by atoms with Crippen LogP contribution in [-0.2, 0) is 19.0 Å². The van der Waals surface area contributed by atoms with E-state index in [1.165, 1.54) is 31.3 Å². The third-order valence-corrected chi connectivity index (χ3v) is 7.52. The van der Waals surface area contributed by atoms with Crippen molar-refractivity contribution < 1.29 is 28.6 Å². The highest BCUT2D eigenvalue weighted by molar-refractivity contribution is 6.30. The summed E-state index contributed by atoms with van der Waals surface area (Å²) in [6.45, 7) is 1.02. The Morgan fingerprint density at radius 3 is 2.77 bits per heavy atom. The molecule has 5 rings (SSSR count). The van der Waals surface area contributed by atoms with Crippen molar-refractivity contribution in [2.75, 3.05) is 44.6 Å². The van der Waals surface area contributed by atoms with Gasteiger partial charge in [-0.2, -0.15) is 4.68 Å². The molecule has 246 valence electrons. The van der Waals surface area contributed by atoms with Gasteiger partial charge in [-0.3, -0.25) is 10.1 Å². The van der Waals surface area contributed by atoms with Crippen LogP contribution in [0.15, 0.2) is 48.8 Å². The highest BCUT2D eigenvalue weighted by Gasteiger charge is 2.26. The molecular formula is C31H34ClN9O6. The normalized spacial score (nSPS) is 14.7. The molecule has 2 aromatic heterocycles. The zero-order chi connectivity index (χ0) is 33.2. The second-order valence-electron chi connectivity index (χ2n) is 10.5. The third kappa shape index (κ3) is 8.51. The van der Waals surface area contributed by atoms with Crippen LogP contribution in [0, 0.1) is 0 Å². The summed E-state index contributed by atoms with van der Waals surface area (Å²) in [6, 6.07) is 9.80. The minimum absolute atomic E-state index is 0.111. The Labute approximate surface area is 275 Å². The predicted molar refractivity (Wildman–Crippen MR) is 173 cm³/mol. The molecule has 4 N–H and O–H groups in total. The first-order chi connectivity index (χ1) is 22.9. The topological polar surface area (TPSA) is 187 Å². The van der Waals surface area contributed by atoms with Gasteiger partial charge in [0.05, 0.1) is 25.4 Å². The number of imidazole rings is 1. The van der Waals surface area contributed by atoms with Crippen molar-refractivity contribution >= 4 is 47.0 Å². The molecule has 0 unspecified atom stereocenters. The van der Waals surface area contributed by atoms with E-state index in [-0.39, 0.29) is 24.8 Å². The molecule has 4 aromatic rings. The number of halogens is 1. The van der Waals surface area contributed by atoms with Gasteiger partial charge in [0.15, 0.2) is 5.69 Å². The highest BCUT2D eigenvalue weighted by Crippen LogP contribution is 2.34. The SMILES string of the molecule is COCCOC(=O)Nc1ccc2c(c1)NCCCCC[C@H](NC(=O)C=Cc1cc(Cl)ccc1-n1cnnn1)c1nc-2c(C(=O)OC)[nH]1. The molecule has 1 aliphatic rings. The Morgan fingerprint density at radius 1 is 1.11 bits per heavy atom. The van der Waals surface area contributed by atoms with Crippen molar-refractivity contribution in [2.45, 2.75) is 31.7 Å². The number of rotatable bonds is 9. The Hall–Kier alpha value is -5.28. The molecule has 0 saturated carbocycles. The van der Waals surface area contributed by atoms with Crippen molar-refractivity contribution in [3.63, 3.8) is 0 Å². The van der Waals surface area contributed by atoms with Crippen LogP contribution >= 0.6 is 11.6 Å². The number of anilines is 2. The van der Waals surface area contributed by atoms with E-state index in [1.54, 1.807) is 42.5 Å². The molecule has 0 radical (unpaired) electrons. The molecule has 3 heterocycles. The van der Waals surface area contributed by atoms with Gasteiger partial charge < -0.3 is 29.8 Å². The van der Waals surface area contributed by atoms with E-state index in [0.717, 1.165) is 19.3 Å². The molecule has 2 bridgehead atoms. The fourth-order valence-corrected chi connectivity index (χ4v) is 5.20. The minimum Gasteiger partial charge on any atom is -0.464 e. The van der Waals surface area contributed by atoms with Gasteiger partial charge in [0.1, 0.15) is 24.5 Å². The number of carbonyl (C=O) groups excluding carboxylic acids is 3. The van der Waals surface area contributed by atoms with Crippen molar-refractivity contribution in [1.82, 2.24) is 35.5 Å². The number of carbonyl (C=O) groups is 3. The summed E-state index contributed by atoms with van der Waals surface area (Å²) in [6.07, 6.45) is 6.90. The minimum atomic E-state index is -0.623. The molecule has 47 heavy (non-hydrogen) atoms. The maximum Gasteiger partial charge on any atom is 0.411 e. The first-order valence-electron chi connectivity index (χ1n) is 14.9. The van der Waals surface area contributed by atoms with Crippen molar-refractivity contribution in [3.8, 4) is 16.9 Å². The standard InChI is InChI=1S/C31H34ClN9O6/c1-45-14-15-47-31(44)35-21-9-10-22-24(17-21)33-13-5-3-4-6-23(29-37-27(22)28(38-29)30(43)46-2)36-26(42)12-7-19-16-20(32)8-11-25(19)41-18-34-39-40-41/h7-12,16-18,23,33H,3-6,13-15H2,1-2H3,(H,35,44)(H,36,42)(H,37,38)/t23-/m0/s1. The maximum atomic E-state index is 13.3. The summed E-state index contributed by atoms with van der Waals surface area (Å²) >= 11 is 6.23. The number of nitrogens with zero attached hydrogens (tertiary/aromatic N) is 5. The van der Waals surface area contributed by atoms with E-state index >= 15 is 0 Å². The Bertz CT molecular complexity index is 1740. The van der Waals surface area contributed by atoms with Crippen molar-refractivity contribution in [1.29, 1.82) is 0 Å². The predicted octanol–water partition coefficient (Wildman–Crippen LogP) is 4.54. The van der Waals surface area contributed by atoms with Gasteiger partial charge in [0, 0.05) is 47.3 Å². The first-order valence-corrected chi connectivity index (χ1v) is 15.2. The number of nitrogens with one attached hydrogen (secondary N) is 4. The molecular weight excluding hydrogens is 630 g/mol. The summed E-state index contributed by atoms with van der Waals surface area (Å²) in [7, 11) is 2.80. The second-order valence-corrected chi connectivity index (χ2v) is 10.9. The number of amides is 2. The number of benzene rings is 2. The number of H-pyrrole nitrogens is 1. The number of hydrogen-bond donors (Lipinski definition) is 4. The van der Waals surface area contributed by atoms with Gasteiger partial charge in [0.2, 0.25) is 5.91 Å². The number of methoxy groups -OCH3 is 2. The van der Waals surface area contributed by atoms with Gasteiger partial charge >= 0.3 is 12.1 Å². The highest BCUT2D eigenvalue weighted by atomic mass is 35.5. The maximum absolute atomic E-state index is 13.3. The fraction of sp³-hybridized carbons (Fsp3) is 0.323. The van der Waals surface area contributed by atoms with Crippen LogP contribution in [0.1, 0.15) is 53.6 Å². The molecule has 0 aliphatic carbocycles. The molecule has 0 fully saturated rings. The smallest absolute Gasteiger partial charge is 0.411 e. The first kappa shape index (κ1) is 33.1. The molecule has 0 saturated heterocycles. The van der Waals surface area contributed by atoms with E-state index in [2.05, 4.69) is 36.5 Å². The Morgan fingerprint density at radius 2 is 1.98 bits per heavy atom. The number of ether oxygens (including phenoxy) is 3. The van der Waals surface area contributed by atoms with Crippen molar-refractivity contribution in [3.05, 3.63) is 70.9 Å². The van der Waals surface area contributed by atoms with Crippen LogP contribution in [0.25, 0.3) is 23.0 Å². The van der Waals surface area contributed by atoms with Crippen LogP contribution in [0.2, 0.25) is 5.02 Å². The van der Waals surface area contributed by atoms with Crippen LogP contribution in [0.4, 0.5) is 16.2 Å². The van der Waals surface area contributed by atoms with E-state index in [1.807, 2.05) is 0 Å². The van der Waals surface area contributed by atoms with E-state index in [9.17, 15) is 14.4 Å². The number of hydrogen-bond acceptors (Lipinski definition) is 11. The Kier molecular flexibility index (Phi) is 11.1. The quantitative estimate of drug-likeness (QED) is 0.112. The number of tetrazole rings is 1. The second kappa shape index (κ2) is 15.8. The molecule has 16 heteroatoms. The zero-order valence-electron chi connectivity index (χ0n) is 25.8. The van der Waals surface area contributed by atoms with E-state index in [0.29, 0.717) is 57.7 Å². The zero-order valence-corrected chi connectivity index (χ0v) is 26.5. The van der Waals surface area contributed by atoms with Gasteiger partial charge in [-0.1, -0.05) is 24.4 Å². The number of aromatic amines is 1. The monoisotopic (exact) mass is 663 g/mol. The summed E-state index contributed by atoms with van der Waals surface area (Å²) in [5.41, 5.74) is 3.48. The van der Waals surface area contributed by atoms with E-state index < -0.39 is 18.1 Å².